The van der Waals surface area contributed by atoms with Gasteiger partial charge in [0.05, 0.1) is 34.2 Å². The number of benzene rings is 2. The SMILES string of the molecule is O=C(Nc1ccc(OCCN2CCOCC2)cc1/C=C/c1n[nH]c2ccccc12)c1ccc([N+](=O)[O-])s1. The van der Waals surface area contributed by atoms with E-state index in [0.29, 0.717) is 18.0 Å². The highest BCUT2D eigenvalue weighted by Crippen LogP contribution is 2.28. The largest absolute Gasteiger partial charge is 0.492 e. The fourth-order valence-corrected chi connectivity index (χ4v) is 4.73. The molecule has 10 nitrogen and oxygen atoms in total. The number of H-pyrrole nitrogens is 1. The van der Waals surface area contributed by atoms with Gasteiger partial charge < -0.3 is 14.8 Å². The van der Waals surface area contributed by atoms with E-state index in [0.717, 1.165) is 66.3 Å². The van der Waals surface area contributed by atoms with Crippen LogP contribution in [0.1, 0.15) is 20.9 Å². The normalized spacial score (nSPS) is 14.3. The summed E-state index contributed by atoms with van der Waals surface area (Å²) >= 11 is 0.833. The lowest BCUT2D eigenvalue weighted by Gasteiger charge is -2.26. The lowest BCUT2D eigenvalue weighted by Crippen LogP contribution is -2.38. The highest BCUT2D eigenvalue weighted by Gasteiger charge is 2.17. The molecule has 0 aliphatic carbocycles. The van der Waals surface area contributed by atoms with Crippen molar-refractivity contribution in [3.05, 3.63) is 80.8 Å². The Labute approximate surface area is 216 Å². The Morgan fingerprint density at radius 3 is 2.84 bits per heavy atom. The number of anilines is 1. The number of hydrogen-bond acceptors (Lipinski definition) is 8. The monoisotopic (exact) mass is 519 g/mol. The summed E-state index contributed by atoms with van der Waals surface area (Å²) in [6, 6.07) is 16.0. The lowest BCUT2D eigenvalue weighted by molar-refractivity contribution is -0.380. The summed E-state index contributed by atoms with van der Waals surface area (Å²) in [7, 11) is 0. The minimum Gasteiger partial charge on any atom is -0.492 e. The number of amides is 1. The van der Waals surface area contributed by atoms with E-state index in [1.165, 1.54) is 12.1 Å². The molecule has 1 aliphatic rings. The Balaban J connectivity index is 1.36. The van der Waals surface area contributed by atoms with Crippen LogP contribution in [0.3, 0.4) is 0 Å². The Kier molecular flexibility index (Phi) is 7.54. The van der Waals surface area contributed by atoms with E-state index in [-0.39, 0.29) is 9.88 Å². The van der Waals surface area contributed by atoms with Gasteiger partial charge in [-0.05, 0) is 36.4 Å². The maximum atomic E-state index is 12.8. The molecule has 190 valence electrons. The molecule has 2 aromatic heterocycles. The number of rotatable bonds is 9. The molecule has 0 radical (unpaired) electrons. The smallest absolute Gasteiger partial charge is 0.324 e. The maximum absolute atomic E-state index is 12.8. The van der Waals surface area contributed by atoms with Crippen LogP contribution >= 0.6 is 11.3 Å². The van der Waals surface area contributed by atoms with Gasteiger partial charge in [0, 0.05) is 42.3 Å². The summed E-state index contributed by atoms with van der Waals surface area (Å²) in [4.78, 5) is 25.9. The number of nitro groups is 1. The second-order valence-electron chi connectivity index (χ2n) is 8.39. The molecule has 4 aromatic rings. The molecule has 1 saturated heterocycles. The first-order valence-electron chi connectivity index (χ1n) is 11.8. The Bertz CT molecular complexity index is 1440. The number of aromatic nitrogens is 2. The number of morpholine rings is 1. The summed E-state index contributed by atoms with van der Waals surface area (Å²) in [5.74, 6) is 0.253. The number of aromatic amines is 1. The third-order valence-corrected chi connectivity index (χ3v) is 7.00. The number of carbonyl (C=O) groups excluding carboxylic acids is 1. The van der Waals surface area contributed by atoms with E-state index in [1.807, 2.05) is 42.5 Å². The van der Waals surface area contributed by atoms with Crippen LogP contribution in [0.15, 0.2) is 54.6 Å². The first-order chi connectivity index (χ1) is 18.1. The molecule has 3 heterocycles. The quantitative estimate of drug-likeness (QED) is 0.243. The molecule has 2 aromatic carbocycles. The predicted molar refractivity (Wildman–Crippen MR) is 143 cm³/mol. The summed E-state index contributed by atoms with van der Waals surface area (Å²) in [6.07, 6.45) is 3.74. The van der Waals surface area contributed by atoms with Gasteiger partial charge in [-0.1, -0.05) is 35.6 Å². The van der Waals surface area contributed by atoms with E-state index in [9.17, 15) is 14.9 Å². The zero-order chi connectivity index (χ0) is 25.6. The minimum atomic E-state index is -0.507. The average Bonchev–Trinajstić information content (AvgIpc) is 3.57. The van der Waals surface area contributed by atoms with Crippen molar-refractivity contribution in [2.45, 2.75) is 0 Å². The fourth-order valence-electron chi connectivity index (χ4n) is 4.01. The van der Waals surface area contributed by atoms with Crippen molar-refractivity contribution in [3.8, 4) is 5.75 Å². The Hall–Kier alpha value is -4.06. The fraction of sp³-hybridized carbons (Fsp3) is 0.231. The number of para-hydroxylation sites is 1. The van der Waals surface area contributed by atoms with E-state index in [4.69, 9.17) is 9.47 Å². The average molecular weight is 520 g/mol. The van der Waals surface area contributed by atoms with Gasteiger partial charge in [0.1, 0.15) is 12.4 Å². The maximum Gasteiger partial charge on any atom is 0.324 e. The first kappa shape index (κ1) is 24.6. The van der Waals surface area contributed by atoms with Crippen LogP contribution in [0.5, 0.6) is 5.75 Å². The van der Waals surface area contributed by atoms with Crippen molar-refractivity contribution in [2.24, 2.45) is 0 Å². The molecule has 0 unspecified atom stereocenters. The van der Waals surface area contributed by atoms with Crippen LogP contribution in [0.2, 0.25) is 0 Å². The molecule has 5 rings (SSSR count). The van der Waals surface area contributed by atoms with Gasteiger partial charge in [-0.2, -0.15) is 5.10 Å². The topological polar surface area (TPSA) is 123 Å². The third kappa shape index (κ3) is 6.02. The summed E-state index contributed by atoms with van der Waals surface area (Å²) in [5, 5.41) is 22.2. The van der Waals surface area contributed by atoms with Gasteiger partial charge in [-0.15, -0.1) is 0 Å². The second kappa shape index (κ2) is 11.3. The number of hydrogen-bond donors (Lipinski definition) is 2. The minimum absolute atomic E-state index is 0.0836. The summed E-state index contributed by atoms with van der Waals surface area (Å²) in [6.45, 7) is 4.57. The second-order valence-corrected chi connectivity index (χ2v) is 9.45. The van der Waals surface area contributed by atoms with Gasteiger partial charge in [0.25, 0.3) is 5.91 Å². The molecule has 37 heavy (non-hydrogen) atoms. The number of carbonyl (C=O) groups is 1. The molecular formula is C26H25N5O5S. The molecule has 1 fully saturated rings. The zero-order valence-electron chi connectivity index (χ0n) is 19.9. The predicted octanol–water partition coefficient (Wildman–Crippen LogP) is 4.67. The number of thiophene rings is 1. The van der Waals surface area contributed by atoms with Crippen LogP contribution in [0.25, 0.3) is 23.1 Å². The molecular weight excluding hydrogens is 494 g/mol. The van der Waals surface area contributed by atoms with Crippen molar-refractivity contribution in [1.29, 1.82) is 0 Å². The number of nitrogens with one attached hydrogen (secondary N) is 2. The molecule has 0 spiro atoms. The van der Waals surface area contributed by atoms with E-state index in [2.05, 4.69) is 20.4 Å². The molecule has 0 saturated carbocycles. The highest BCUT2D eigenvalue weighted by atomic mass is 32.1. The number of ether oxygens (including phenoxy) is 2. The molecule has 0 bridgehead atoms. The van der Waals surface area contributed by atoms with E-state index in [1.54, 1.807) is 12.1 Å². The van der Waals surface area contributed by atoms with Crippen LogP contribution in [0, 0.1) is 10.1 Å². The lowest BCUT2D eigenvalue weighted by atomic mass is 10.1. The Morgan fingerprint density at radius 2 is 2.03 bits per heavy atom. The van der Waals surface area contributed by atoms with E-state index >= 15 is 0 Å². The standard InChI is InChI=1S/C26H25N5O5S/c32-26(24-9-10-25(37-24)31(33)34)27-21-8-6-19(36-16-13-30-11-14-35-15-12-30)17-18(21)5-7-23-20-3-1-2-4-22(20)28-29-23/h1-10,17H,11-16H2,(H,27,32)(H,28,29)/b7-5+. The Morgan fingerprint density at radius 1 is 1.19 bits per heavy atom. The van der Waals surface area contributed by atoms with Crippen molar-refractivity contribution in [1.82, 2.24) is 15.1 Å². The summed E-state index contributed by atoms with van der Waals surface area (Å²) < 4.78 is 11.4. The zero-order valence-corrected chi connectivity index (χ0v) is 20.7. The molecule has 2 N–H and O–H groups in total. The van der Waals surface area contributed by atoms with Crippen molar-refractivity contribution in [3.63, 3.8) is 0 Å². The molecule has 0 atom stereocenters. The van der Waals surface area contributed by atoms with Crippen molar-refractivity contribution < 1.29 is 19.2 Å². The first-order valence-corrected chi connectivity index (χ1v) is 12.6. The number of fused-ring (bicyclic) bond motifs is 1. The van der Waals surface area contributed by atoms with Gasteiger partial charge in [0.15, 0.2) is 0 Å². The van der Waals surface area contributed by atoms with Crippen molar-refractivity contribution in [2.75, 3.05) is 44.8 Å². The van der Waals surface area contributed by atoms with Crippen LogP contribution in [-0.4, -0.2) is 65.4 Å². The van der Waals surface area contributed by atoms with Crippen LogP contribution in [-0.2, 0) is 4.74 Å². The van der Waals surface area contributed by atoms with Crippen molar-refractivity contribution >= 4 is 51.0 Å². The molecule has 1 amide bonds. The van der Waals surface area contributed by atoms with Crippen LogP contribution in [0.4, 0.5) is 10.7 Å². The summed E-state index contributed by atoms with van der Waals surface area (Å²) in [5.41, 5.74) is 2.96. The molecule has 11 heteroatoms. The van der Waals surface area contributed by atoms with E-state index < -0.39 is 10.8 Å². The number of nitrogens with zero attached hydrogens (tertiary/aromatic N) is 3. The van der Waals surface area contributed by atoms with Gasteiger partial charge >= 0.3 is 5.00 Å². The van der Waals surface area contributed by atoms with Gasteiger partial charge in [-0.25, -0.2) is 0 Å². The van der Waals surface area contributed by atoms with Gasteiger partial charge in [0.2, 0.25) is 0 Å². The highest BCUT2D eigenvalue weighted by molar-refractivity contribution is 7.17. The third-order valence-electron chi connectivity index (χ3n) is 5.97. The molecule has 1 aliphatic heterocycles. The van der Waals surface area contributed by atoms with Crippen LogP contribution < -0.4 is 10.1 Å². The van der Waals surface area contributed by atoms with Gasteiger partial charge in [-0.3, -0.25) is 24.9 Å².